The molecule has 1 aliphatic heterocycles. The molecule has 0 aromatic heterocycles. The summed E-state index contributed by atoms with van der Waals surface area (Å²) in [6, 6.07) is 18.3. The standard InChI is InChI=1S/C31H27NO8S/c1-4-39-31(37)26-27(33)25(41-29(26)32-28(34)21-10-5-18(2)6-11-21)16-20-9-14-23(24(15-20)38-3)40-17-19-7-12-22(13-8-19)30(35)36/h5-16,33H,4,17H2,1-3H3,(H,35,36)/b25-16-,32-29?. The molecule has 210 valence electrons. The predicted molar refractivity (Wildman–Crippen MR) is 156 cm³/mol. The summed E-state index contributed by atoms with van der Waals surface area (Å²) < 4.78 is 16.5. The van der Waals surface area contributed by atoms with Crippen molar-refractivity contribution in [3.05, 3.63) is 111 Å². The molecule has 0 aliphatic carbocycles. The van der Waals surface area contributed by atoms with Crippen molar-refractivity contribution in [2.75, 3.05) is 13.7 Å². The Labute approximate surface area is 240 Å². The number of aryl methyl sites for hydroxylation is 1. The van der Waals surface area contributed by atoms with Crippen LogP contribution in [0.3, 0.4) is 0 Å². The van der Waals surface area contributed by atoms with Crippen molar-refractivity contribution in [1.29, 1.82) is 0 Å². The van der Waals surface area contributed by atoms with Crippen LogP contribution in [0.5, 0.6) is 11.5 Å². The second-order valence-corrected chi connectivity index (χ2v) is 9.87. The van der Waals surface area contributed by atoms with Crippen LogP contribution in [0.15, 0.2) is 88.0 Å². The average molecular weight is 574 g/mol. The van der Waals surface area contributed by atoms with Gasteiger partial charge in [-0.2, -0.15) is 0 Å². The third kappa shape index (κ3) is 7.03. The maximum absolute atomic E-state index is 12.8. The van der Waals surface area contributed by atoms with E-state index in [0.717, 1.165) is 22.9 Å². The van der Waals surface area contributed by atoms with Crippen molar-refractivity contribution in [1.82, 2.24) is 0 Å². The molecule has 0 atom stereocenters. The Morgan fingerprint density at radius 1 is 0.951 bits per heavy atom. The van der Waals surface area contributed by atoms with E-state index in [-0.39, 0.29) is 35.2 Å². The number of aromatic carboxylic acids is 1. The van der Waals surface area contributed by atoms with Gasteiger partial charge >= 0.3 is 11.9 Å². The first-order chi connectivity index (χ1) is 19.7. The molecule has 0 radical (unpaired) electrons. The van der Waals surface area contributed by atoms with Gasteiger partial charge in [0, 0.05) is 5.56 Å². The van der Waals surface area contributed by atoms with E-state index in [0.29, 0.717) is 27.5 Å². The minimum absolute atomic E-state index is 0.0404. The van der Waals surface area contributed by atoms with E-state index in [1.165, 1.54) is 19.2 Å². The fourth-order valence-electron chi connectivity index (χ4n) is 3.79. The van der Waals surface area contributed by atoms with Gasteiger partial charge in [-0.15, -0.1) is 0 Å². The van der Waals surface area contributed by atoms with E-state index in [1.807, 2.05) is 6.92 Å². The number of aliphatic hydroxyl groups excluding tert-OH is 1. The molecule has 3 aromatic carbocycles. The zero-order chi connectivity index (χ0) is 29.5. The molecule has 0 bridgehead atoms. The highest BCUT2D eigenvalue weighted by molar-refractivity contribution is 8.18. The SMILES string of the molecule is CCOC(=O)C1=C(O)/C(=C/c2ccc(OCc3ccc(C(=O)O)cc3)c(OC)c2)SC1=NC(=O)c1ccc(C)cc1. The first kappa shape index (κ1) is 29.2. The fourth-order valence-corrected chi connectivity index (χ4v) is 4.81. The molecule has 0 saturated carbocycles. The number of carbonyl (C=O) groups excluding carboxylic acids is 2. The van der Waals surface area contributed by atoms with Crippen molar-refractivity contribution in [3.63, 3.8) is 0 Å². The number of aliphatic imine (C=N–C) groups is 1. The van der Waals surface area contributed by atoms with Crippen LogP contribution in [0, 0.1) is 6.92 Å². The largest absolute Gasteiger partial charge is 0.506 e. The highest BCUT2D eigenvalue weighted by Gasteiger charge is 2.34. The zero-order valence-corrected chi connectivity index (χ0v) is 23.4. The third-order valence-electron chi connectivity index (χ3n) is 5.95. The molecule has 1 amide bonds. The summed E-state index contributed by atoms with van der Waals surface area (Å²) in [6.07, 6.45) is 1.63. The van der Waals surface area contributed by atoms with Gasteiger partial charge in [-0.1, -0.05) is 47.7 Å². The Morgan fingerprint density at radius 2 is 1.63 bits per heavy atom. The van der Waals surface area contributed by atoms with E-state index >= 15 is 0 Å². The fraction of sp³-hybridized carbons (Fsp3) is 0.161. The maximum atomic E-state index is 12.8. The molecule has 9 nitrogen and oxygen atoms in total. The summed E-state index contributed by atoms with van der Waals surface area (Å²) in [5.41, 5.74) is 2.75. The summed E-state index contributed by atoms with van der Waals surface area (Å²) in [5.74, 6) is -1.81. The quantitative estimate of drug-likeness (QED) is 0.297. The predicted octanol–water partition coefficient (Wildman–Crippen LogP) is 5.98. The highest BCUT2D eigenvalue weighted by atomic mass is 32.2. The number of amides is 1. The lowest BCUT2D eigenvalue weighted by atomic mass is 10.1. The molecule has 0 unspecified atom stereocenters. The van der Waals surface area contributed by atoms with E-state index < -0.39 is 17.8 Å². The van der Waals surface area contributed by atoms with Gasteiger partial charge in [0.15, 0.2) is 11.5 Å². The number of thioether (sulfide) groups is 1. The van der Waals surface area contributed by atoms with Gasteiger partial charge in [-0.3, -0.25) is 4.79 Å². The molecule has 2 N–H and O–H groups in total. The zero-order valence-electron chi connectivity index (χ0n) is 22.5. The van der Waals surface area contributed by atoms with E-state index in [9.17, 15) is 19.5 Å². The van der Waals surface area contributed by atoms with Gasteiger partial charge in [0.2, 0.25) is 0 Å². The summed E-state index contributed by atoms with van der Waals surface area (Å²) in [6.45, 7) is 3.82. The lowest BCUT2D eigenvalue weighted by molar-refractivity contribution is -0.138. The topological polar surface area (TPSA) is 132 Å². The number of rotatable bonds is 9. The second kappa shape index (κ2) is 13.0. The van der Waals surface area contributed by atoms with E-state index in [4.69, 9.17) is 19.3 Å². The number of carbonyl (C=O) groups is 3. The smallest absolute Gasteiger partial charge is 0.344 e. The number of hydrogen-bond donors (Lipinski definition) is 2. The van der Waals surface area contributed by atoms with Gasteiger partial charge < -0.3 is 24.4 Å². The van der Waals surface area contributed by atoms with Gasteiger partial charge in [0.1, 0.15) is 23.0 Å². The average Bonchev–Trinajstić information content (AvgIpc) is 3.26. The normalized spacial score (nSPS) is 14.8. The van der Waals surface area contributed by atoms with Crippen LogP contribution in [0.2, 0.25) is 0 Å². The van der Waals surface area contributed by atoms with Crippen LogP contribution in [0.4, 0.5) is 0 Å². The maximum Gasteiger partial charge on any atom is 0.344 e. The number of ether oxygens (including phenoxy) is 3. The van der Waals surface area contributed by atoms with Gasteiger partial charge in [0.25, 0.3) is 5.91 Å². The minimum atomic E-state index is -1.00. The summed E-state index contributed by atoms with van der Waals surface area (Å²) in [7, 11) is 1.49. The lowest BCUT2D eigenvalue weighted by Crippen LogP contribution is -2.14. The molecule has 0 spiro atoms. The summed E-state index contributed by atoms with van der Waals surface area (Å²) in [5, 5.41) is 20.0. The Bertz CT molecular complexity index is 1570. The second-order valence-electron chi connectivity index (χ2n) is 8.84. The Morgan fingerprint density at radius 3 is 2.27 bits per heavy atom. The Kier molecular flexibility index (Phi) is 9.26. The molecule has 10 heteroatoms. The molecule has 1 heterocycles. The van der Waals surface area contributed by atoms with Crippen LogP contribution in [0.25, 0.3) is 6.08 Å². The van der Waals surface area contributed by atoms with E-state index in [2.05, 4.69) is 4.99 Å². The number of esters is 1. The minimum Gasteiger partial charge on any atom is -0.506 e. The van der Waals surface area contributed by atoms with Crippen LogP contribution in [-0.4, -0.2) is 46.8 Å². The van der Waals surface area contributed by atoms with Gasteiger partial charge in [-0.25, -0.2) is 14.6 Å². The number of benzene rings is 3. The molecular weight excluding hydrogens is 546 g/mol. The van der Waals surface area contributed by atoms with Crippen LogP contribution >= 0.6 is 11.8 Å². The highest BCUT2D eigenvalue weighted by Crippen LogP contribution is 2.40. The molecule has 4 rings (SSSR count). The number of carboxylic acid groups (broad SMARTS) is 1. The van der Waals surface area contributed by atoms with E-state index in [1.54, 1.807) is 67.6 Å². The van der Waals surface area contributed by atoms with Crippen molar-refractivity contribution < 1.29 is 38.8 Å². The Hall–Kier alpha value is -4.83. The molecule has 0 saturated heterocycles. The van der Waals surface area contributed by atoms with Crippen molar-refractivity contribution in [3.8, 4) is 11.5 Å². The summed E-state index contributed by atoms with van der Waals surface area (Å²) in [4.78, 5) is 41.0. The lowest BCUT2D eigenvalue weighted by Gasteiger charge is -2.12. The number of nitrogens with zero attached hydrogens (tertiary/aromatic N) is 1. The summed E-state index contributed by atoms with van der Waals surface area (Å²) >= 11 is 0.982. The molecule has 41 heavy (non-hydrogen) atoms. The van der Waals surface area contributed by atoms with Crippen LogP contribution in [0.1, 0.15) is 44.3 Å². The molecule has 0 fully saturated rings. The Balaban J connectivity index is 1.58. The van der Waals surface area contributed by atoms with Crippen molar-refractivity contribution in [2.45, 2.75) is 20.5 Å². The molecule has 1 aliphatic rings. The number of carboxylic acids is 1. The first-order valence-corrected chi connectivity index (χ1v) is 13.3. The monoisotopic (exact) mass is 573 g/mol. The van der Waals surface area contributed by atoms with Crippen molar-refractivity contribution in [2.24, 2.45) is 4.99 Å². The number of aliphatic hydroxyl groups is 1. The van der Waals surface area contributed by atoms with Crippen LogP contribution in [-0.2, 0) is 16.1 Å². The van der Waals surface area contributed by atoms with Crippen LogP contribution < -0.4 is 9.47 Å². The third-order valence-corrected chi connectivity index (χ3v) is 6.97. The number of hydrogen-bond acceptors (Lipinski definition) is 8. The number of methoxy groups -OCH3 is 1. The molecular formula is C31H27NO8S. The van der Waals surface area contributed by atoms with Gasteiger partial charge in [0.05, 0.1) is 24.2 Å². The van der Waals surface area contributed by atoms with Gasteiger partial charge in [-0.05, 0) is 67.4 Å². The first-order valence-electron chi connectivity index (χ1n) is 12.5. The van der Waals surface area contributed by atoms with Crippen molar-refractivity contribution >= 4 is 40.7 Å². The molecule has 3 aromatic rings.